The van der Waals surface area contributed by atoms with Gasteiger partial charge in [-0.15, -0.1) is 10.2 Å². The van der Waals surface area contributed by atoms with E-state index in [4.69, 9.17) is 0 Å². The van der Waals surface area contributed by atoms with Crippen molar-refractivity contribution in [2.75, 3.05) is 5.75 Å². The Labute approximate surface area is 169 Å². The zero-order valence-corrected chi connectivity index (χ0v) is 15.9. The summed E-state index contributed by atoms with van der Waals surface area (Å²) in [5.74, 6) is -0.277. The minimum absolute atomic E-state index is 0.164. The predicted octanol–water partition coefficient (Wildman–Crippen LogP) is 3.48. The molecule has 6 nitrogen and oxygen atoms in total. The first kappa shape index (κ1) is 19.0. The molecule has 4 rings (SSSR count). The molecule has 146 valence electrons. The van der Waals surface area contributed by atoms with Crippen LogP contribution >= 0.6 is 11.8 Å². The Balaban J connectivity index is 1.42. The lowest BCUT2D eigenvalue weighted by Crippen LogP contribution is -2.24. The monoisotopic (exact) mass is 411 g/mol. The standard InChI is InChI=1S/C20H15F2N5OS/c21-15-6-4-13(5-7-15)11-23-18(28)12-29-19-9-8-17-24-25-20(27(17)26-19)14-2-1-3-16(22)10-14/h1-10H,11-12H2,(H,23,28). The molecule has 4 aromatic rings. The molecule has 29 heavy (non-hydrogen) atoms. The fraction of sp³-hybridized carbons (Fsp3) is 0.100. The van der Waals surface area contributed by atoms with Gasteiger partial charge in [0.15, 0.2) is 11.5 Å². The number of carbonyl (C=O) groups excluding carboxylic acids is 1. The summed E-state index contributed by atoms with van der Waals surface area (Å²) < 4.78 is 28.0. The number of amides is 1. The van der Waals surface area contributed by atoms with Crippen molar-refractivity contribution in [3.8, 4) is 11.4 Å². The molecule has 0 saturated carbocycles. The number of benzene rings is 2. The van der Waals surface area contributed by atoms with Crippen molar-refractivity contribution >= 4 is 23.3 Å². The van der Waals surface area contributed by atoms with Gasteiger partial charge < -0.3 is 5.32 Å². The molecule has 0 bridgehead atoms. The van der Waals surface area contributed by atoms with Crippen LogP contribution < -0.4 is 5.32 Å². The molecule has 2 aromatic carbocycles. The van der Waals surface area contributed by atoms with Crippen molar-refractivity contribution in [3.05, 3.63) is 77.9 Å². The molecule has 0 aliphatic heterocycles. The first-order valence-electron chi connectivity index (χ1n) is 8.71. The molecule has 2 heterocycles. The molecule has 1 amide bonds. The van der Waals surface area contributed by atoms with Crippen LogP contribution in [-0.4, -0.2) is 31.5 Å². The van der Waals surface area contributed by atoms with Crippen molar-refractivity contribution < 1.29 is 13.6 Å². The van der Waals surface area contributed by atoms with E-state index in [-0.39, 0.29) is 23.3 Å². The summed E-state index contributed by atoms with van der Waals surface area (Å²) in [5, 5.41) is 16.0. The first-order chi connectivity index (χ1) is 14.1. The Morgan fingerprint density at radius 2 is 1.83 bits per heavy atom. The summed E-state index contributed by atoms with van der Waals surface area (Å²) in [6.07, 6.45) is 0. The molecule has 0 fully saturated rings. The van der Waals surface area contributed by atoms with Crippen molar-refractivity contribution in [3.63, 3.8) is 0 Å². The zero-order valence-electron chi connectivity index (χ0n) is 15.0. The lowest BCUT2D eigenvalue weighted by atomic mass is 10.2. The van der Waals surface area contributed by atoms with Gasteiger partial charge in [-0.05, 0) is 42.0 Å². The van der Waals surface area contributed by atoms with Gasteiger partial charge in [-0.2, -0.15) is 9.61 Å². The Bertz CT molecular complexity index is 1160. The van der Waals surface area contributed by atoms with Crippen LogP contribution in [0.2, 0.25) is 0 Å². The van der Waals surface area contributed by atoms with E-state index in [9.17, 15) is 13.6 Å². The van der Waals surface area contributed by atoms with E-state index in [1.54, 1.807) is 36.4 Å². The summed E-state index contributed by atoms with van der Waals surface area (Å²) in [7, 11) is 0. The van der Waals surface area contributed by atoms with Crippen LogP contribution in [0.15, 0.2) is 65.7 Å². The number of hydrogen-bond donors (Lipinski definition) is 1. The van der Waals surface area contributed by atoms with Crippen LogP contribution in [0.4, 0.5) is 8.78 Å². The van der Waals surface area contributed by atoms with E-state index in [1.807, 2.05) is 0 Å². The Morgan fingerprint density at radius 3 is 2.62 bits per heavy atom. The van der Waals surface area contributed by atoms with E-state index in [0.29, 0.717) is 28.6 Å². The van der Waals surface area contributed by atoms with E-state index in [0.717, 1.165) is 5.56 Å². The highest BCUT2D eigenvalue weighted by atomic mass is 32.2. The first-order valence-corrected chi connectivity index (χ1v) is 9.69. The average Bonchev–Trinajstić information content (AvgIpc) is 3.15. The van der Waals surface area contributed by atoms with Gasteiger partial charge in [0, 0.05) is 12.1 Å². The molecule has 0 aliphatic carbocycles. The van der Waals surface area contributed by atoms with Crippen molar-refractivity contribution in [2.24, 2.45) is 0 Å². The number of rotatable bonds is 6. The van der Waals surface area contributed by atoms with E-state index in [2.05, 4.69) is 20.6 Å². The fourth-order valence-electron chi connectivity index (χ4n) is 2.65. The number of hydrogen-bond acceptors (Lipinski definition) is 5. The van der Waals surface area contributed by atoms with Gasteiger partial charge in [-0.3, -0.25) is 4.79 Å². The van der Waals surface area contributed by atoms with Gasteiger partial charge in [-0.1, -0.05) is 36.0 Å². The van der Waals surface area contributed by atoms with Crippen molar-refractivity contribution in [1.82, 2.24) is 25.1 Å². The van der Waals surface area contributed by atoms with Crippen molar-refractivity contribution in [1.29, 1.82) is 0 Å². The summed E-state index contributed by atoms with van der Waals surface area (Å²) in [6.45, 7) is 0.321. The van der Waals surface area contributed by atoms with Crippen LogP contribution in [0.5, 0.6) is 0 Å². The maximum Gasteiger partial charge on any atom is 0.230 e. The fourth-order valence-corrected chi connectivity index (χ4v) is 3.33. The molecule has 0 radical (unpaired) electrons. The second-order valence-corrected chi connectivity index (χ2v) is 7.16. The SMILES string of the molecule is O=C(CSc1ccc2nnc(-c3cccc(F)c3)n2n1)NCc1ccc(F)cc1. The number of carbonyl (C=O) groups is 1. The minimum Gasteiger partial charge on any atom is -0.351 e. The number of nitrogens with zero attached hydrogens (tertiary/aromatic N) is 4. The normalized spacial score (nSPS) is 11.0. The third-order valence-electron chi connectivity index (χ3n) is 4.08. The molecular weight excluding hydrogens is 396 g/mol. The molecule has 0 aliphatic rings. The Kier molecular flexibility index (Phi) is 5.48. The zero-order chi connectivity index (χ0) is 20.2. The van der Waals surface area contributed by atoms with E-state index < -0.39 is 0 Å². The van der Waals surface area contributed by atoms with Gasteiger partial charge in [-0.25, -0.2) is 8.78 Å². The number of nitrogens with one attached hydrogen (secondary N) is 1. The Hall–Kier alpha value is -3.33. The molecule has 9 heteroatoms. The molecule has 0 atom stereocenters. The van der Waals surface area contributed by atoms with E-state index >= 15 is 0 Å². The highest BCUT2D eigenvalue weighted by Crippen LogP contribution is 2.21. The summed E-state index contributed by atoms with van der Waals surface area (Å²) in [5.41, 5.74) is 1.90. The second kappa shape index (κ2) is 8.36. The van der Waals surface area contributed by atoms with Gasteiger partial charge in [0.2, 0.25) is 5.91 Å². The smallest absolute Gasteiger partial charge is 0.230 e. The highest BCUT2D eigenvalue weighted by molar-refractivity contribution is 7.99. The second-order valence-electron chi connectivity index (χ2n) is 6.17. The molecule has 0 spiro atoms. The lowest BCUT2D eigenvalue weighted by Gasteiger charge is -2.06. The van der Waals surface area contributed by atoms with Crippen LogP contribution in [0.25, 0.3) is 17.0 Å². The summed E-state index contributed by atoms with van der Waals surface area (Å²) in [6, 6.07) is 15.5. The number of halogens is 2. The van der Waals surface area contributed by atoms with E-state index in [1.165, 1.54) is 40.5 Å². The quantitative estimate of drug-likeness (QED) is 0.492. The molecule has 2 aromatic heterocycles. The van der Waals surface area contributed by atoms with Gasteiger partial charge in [0.1, 0.15) is 16.7 Å². The number of fused-ring (bicyclic) bond motifs is 1. The predicted molar refractivity (Wildman–Crippen MR) is 105 cm³/mol. The maximum atomic E-state index is 13.5. The van der Waals surface area contributed by atoms with Crippen molar-refractivity contribution in [2.45, 2.75) is 11.6 Å². The molecular formula is C20H15F2N5OS. The van der Waals surface area contributed by atoms with Crippen LogP contribution in [-0.2, 0) is 11.3 Å². The lowest BCUT2D eigenvalue weighted by molar-refractivity contribution is -0.118. The average molecular weight is 411 g/mol. The minimum atomic E-state index is -0.373. The topological polar surface area (TPSA) is 72.2 Å². The maximum absolute atomic E-state index is 13.5. The molecule has 0 unspecified atom stereocenters. The number of aromatic nitrogens is 4. The van der Waals surface area contributed by atoms with Gasteiger partial charge >= 0.3 is 0 Å². The van der Waals surface area contributed by atoms with Crippen LogP contribution in [0.3, 0.4) is 0 Å². The molecule has 0 saturated heterocycles. The Morgan fingerprint density at radius 1 is 1.00 bits per heavy atom. The largest absolute Gasteiger partial charge is 0.351 e. The van der Waals surface area contributed by atoms with Crippen LogP contribution in [0, 0.1) is 11.6 Å². The highest BCUT2D eigenvalue weighted by Gasteiger charge is 2.12. The summed E-state index contributed by atoms with van der Waals surface area (Å²) >= 11 is 1.26. The van der Waals surface area contributed by atoms with Gasteiger partial charge in [0.25, 0.3) is 0 Å². The number of thioether (sulfide) groups is 1. The van der Waals surface area contributed by atoms with Gasteiger partial charge in [0.05, 0.1) is 5.75 Å². The third-order valence-corrected chi connectivity index (χ3v) is 5.00. The third kappa shape index (κ3) is 4.57. The van der Waals surface area contributed by atoms with Crippen LogP contribution in [0.1, 0.15) is 5.56 Å². The summed E-state index contributed by atoms with van der Waals surface area (Å²) in [4.78, 5) is 12.1. The molecule has 1 N–H and O–H groups in total.